The lowest BCUT2D eigenvalue weighted by atomic mass is 9.78. The second kappa shape index (κ2) is 6.62. The molecule has 0 aliphatic carbocycles. The van der Waals surface area contributed by atoms with Crippen molar-refractivity contribution in [1.29, 1.82) is 0 Å². The third-order valence-corrected chi connectivity index (χ3v) is 8.13. The summed E-state index contributed by atoms with van der Waals surface area (Å²) in [5.74, 6) is -0.0652. The van der Waals surface area contributed by atoms with E-state index in [0.717, 1.165) is 10.0 Å². The van der Waals surface area contributed by atoms with Crippen molar-refractivity contribution in [3.8, 4) is 11.4 Å². The molecule has 0 saturated heterocycles. The monoisotopic (exact) mass is 480 g/mol. The maximum Gasteiger partial charge on any atom is 0.244 e. The zero-order chi connectivity index (χ0) is 21.1. The Labute approximate surface area is 182 Å². The smallest absolute Gasteiger partial charge is 0.244 e. The summed E-state index contributed by atoms with van der Waals surface area (Å²) in [6.45, 7) is 1.71. The van der Waals surface area contributed by atoms with E-state index >= 15 is 0 Å². The van der Waals surface area contributed by atoms with E-state index in [0.29, 0.717) is 22.4 Å². The van der Waals surface area contributed by atoms with E-state index in [9.17, 15) is 13.2 Å². The van der Waals surface area contributed by atoms with Crippen molar-refractivity contribution in [2.45, 2.75) is 17.2 Å². The summed E-state index contributed by atoms with van der Waals surface area (Å²) in [4.78, 5) is 18.6. The second-order valence-electron chi connectivity index (χ2n) is 7.66. The number of aromatic nitrogens is 2. The number of rotatable bonds is 3. The van der Waals surface area contributed by atoms with Gasteiger partial charge in [0.1, 0.15) is 5.82 Å². The van der Waals surface area contributed by atoms with Crippen molar-refractivity contribution >= 4 is 42.7 Å². The molecule has 0 bridgehead atoms. The minimum Gasteiger partial charge on any atom is -0.273 e. The number of benzene rings is 3. The van der Waals surface area contributed by atoms with Crippen LogP contribution in [0.2, 0.25) is 0 Å². The first kappa shape index (κ1) is 19.2. The van der Waals surface area contributed by atoms with Crippen molar-refractivity contribution in [3.63, 3.8) is 0 Å². The number of halogens is 1. The molecule has 7 heteroatoms. The van der Waals surface area contributed by atoms with Crippen LogP contribution in [0.1, 0.15) is 17.3 Å². The van der Waals surface area contributed by atoms with E-state index in [1.54, 1.807) is 35.8 Å². The molecular formula is C23H17BrN2O3S. The van der Waals surface area contributed by atoms with Crippen LogP contribution >= 0.6 is 15.9 Å². The Morgan fingerprint density at radius 2 is 1.63 bits per heavy atom. The fourth-order valence-electron chi connectivity index (χ4n) is 4.18. The molecule has 2 heterocycles. The first-order chi connectivity index (χ1) is 14.3. The summed E-state index contributed by atoms with van der Waals surface area (Å²) < 4.78 is 28.9. The number of hydrogen-bond donors (Lipinski definition) is 0. The summed E-state index contributed by atoms with van der Waals surface area (Å²) in [6.07, 6.45) is 0. The summed E-state index contributed by atoms with van der Waals surface area (Å²) in [5.41, 5.74) is 1.59. The molecule has 0 fully saturated rings. The minimum absolute atomic E-state index is 0.193. The normalized spacial score (nSPS) is 18.3. The van der Waals surface area contributed by atoms with Gasteiger partial charge < -0.3 is 0 Å². The Morgan fingerprint density at radius 3 is 2.40 bits per heavy atom. The molecule has 0 unspecified atom stereocenters. The Kier molecular flexibility index (Phi) is 4.24. The lowest BCUT2D eigenvalue weighted by Gasteiger charge is -2.34. The average molecular weight is 481 g/mol. The molecule has 5 rings (SSSR count). The highest BCUT2D eigenvalue weighted by atomic mass is 79.9. The van der Waals surface area contributed by atoms with Gasteiger partial charge in [0.2, 0.25) is 5.91 Å². The van der Waals surface area contributed by atoms with Crippen molar-refractivity contribution in [3.05, 3.63) is 82.8 Å². The molecule has 3 aromatic carbocycles. The molecule has 0 N–H and O–H groups in total. The molecule has 1 aliphatic rings. The Hall–Kier alpha value is -2.77. The highest BCUT2D eigenvalue weighted by Crippen LogP contribution is 2.42. The SMILES string of the molecule is C[C@]1(CS(=O)(=O)c2ccc(Br)cc2)C(=O)n2c(nc3ccccc32)-c2ccccc21. The van der Waals surface area contributed by atoms with Crippen LogP contribution in [-0.2, 0) is 15.3 Å². The van der Waals surface area contributed by atoms with Gasteiger partial charge in [0.25, 0.3) is 0 Å². The number of hydrogen-bond acceptors (Lipinski definition) is 4. The van der Waals surface area contributed by atoms with Crippen LogP contribution in [0.5, 0.6) is 0 Å². The number of fused-ring (bicyclic) bond motifs is 5. The maximum atomic E-state index is 13.8. The van der Waals surface area contributed by atoms with Gasteiger partial charge in [0, 0.05) is 10.0 Å². The van der Waals surface area contributed by atoms with Gasteiger partial charge in [-0.25, -0.2) is 13.4 Å². The molecule has 0 amide bonds. The fraction of sp³-hybridized carbons (Fsp3) is 0.130. The lowest BCUT2D eigenvalue weighted by Crippen LogP contribution is -2.45. The van der Waals surface area contributed by atoms with Crippen molar-refractivity contribution in [1.82, 2.24) is 9.55 Å². The highest BCUT2D eigenvalue weighted by Gasteiger charge is 2.47. The molecule has 0 saturated carbocycles. The summed E-state index contributed by atoms with van der Waals surface area (Å²) >= 11 is 3.33. The fourth-order valence-corrected chi connectivity index (χ4v) is 6.20. The van der Waals surface area contributed by atoms with Crippen LogP contribution in [0.25, 0.3) is 22.4 Å². The number of carbonyl (C=O) groups excluding carboxylic acids is 1. The number of sulfone groups is 1. The van der Waals surface area contributed by atoms with Gasteiger partial charge in [0.05, 0.1) is 27.1 Å². The topological polar surface area (TPSA) is 69.0 Å². The van der Waals surface area contributed by atoms with Gasteiger partial charge >= 0.3 is 0 Å². The largest absolute Gasteiger partial charge is 0.273 e. The Bertz CT molecular complexity index is 1420. The number of carbonyl (C=O) groups is 1. The van der Waals surface area contributed by atoms with Crippen molar-refractivity contribution < 1.29 is 13.2 Å². The molecule has 1 aliphatic heterocycles. The second-order valence-corrected chi connectivity index (χ2v) is 10.6. The molecule has 30 heavy (non-hydrogen) atoms. The van der Waals surface area contributed by atoms with Gasteiger partial charge in [-0.1, -0.05) is 52.3 Å². The predicted molar refractivity (Wildman–Crippen MR) is 119 cm³/mol. The number of para-hydroxylation sites is 2. The van der Waals surface area contributed by atoms with Crippen LogP contribution in [0.15, 0.2) is 82.2 Å². The van der Waals surface area contributed by atoms with Crippen LogP contribution in [0.4, 0.5) is 0 Å². The predicted octanol–water partition coefficient (Wildman–Crippen LogP) is 4.85. The summed E-state index contributed by atoms with van der Waals surface area (Å²) in [6, 6.07) is 21.3. The van der Waals surface area contributed by atoms with Gasteiger partial charge in [-0.05, 0) is 48.9 Å². The molecule has 0 radical (unpaired) electrons. The molecule has 5 nitrogen and oxygen atoms in total. The van der Waals surface area contributed by atoms with Gasteiger partial charge in [-0.2, -0.15) is 0 Å². The third kappa shape index (κ3) is 2.76. The third-order valence-electron chi connectivity index (χ3n) is 5.65. The van der Waals surface area contributed by atoms with Crippen LogP contribution in [0.3, 0.4) is 0 Å². The maximum absolute atomic E-state index is 13.8. The van der Waals surface area contributed by atoms with E-state index in [2.05, 4.69) is 20.9 Å². The summed E-state index contributed by atoms with van der Waals surface area (Å²) in [5, 5.41) is 0. The van der Waals surface area contributed by atoms with Crippen LogP contribution in [-0.4, -0.2) is 29.6 Å². The Morgan fingerprint density at radius 1 is 0.967 bits per heavy atom. The molecule has 1 atom stereocenters. The first-order valence-corrected chi connectivity index (χ1v) is 11.9. The molecule has 1 aromatic heterocycles. The van der Waals surface area contributed by atoms with Gasteiger partial charge in [-0.3, -0.25) is 9.36 Å². The average Bonchev–Trinajstić information content (AvgIpc) is 3.12. The highest BCUT2D eigenvalue weighted by molar-refractivity contribution is 9.10. The first-order valence-electron chi connectivity index (χ1n) is 9.42. The van der Waals surface area contributed by atoms with Crippen LogP contribution in [0, 0.1) is 0 Å². The standard InChI is InChI=1S/C23H17BrN2O3S/c1-23(14-30(28,29)16-12-10-15(24)11-13-16)18-7-3-2-6-17(18)21-25-19-8-4-5-9-20(19)26(21)22(23)27/h2-13H,14H2,1H3/t23-/m1/s1. The minimum atomic E-state index is -3.73. The quantitative estimate of drug-likeness (QED) is 0.420. The zero-order valence-corrected chi connectivity index (χ0v) is 18.4. The van der Waals surface area contributed by atoms with Crippen molar-refractivity contribution in [2.75, 3.05) is 5.75 Å². The molecular weight excluding hydrogens is 464 g/mol. The van der Waals surface area contributed by atoms with E-state index < -0.39 is 15.3 Å². The number of imidazole rings is 1. The lowest BCUT2D eigenvalue weighted by molar-refractivity contribution is 0.0825. The number of nitrogens with zero attached hydrogens (tertiary/aromatic N) is 2. The summed E-state index contributed by atoms with van der Waals surface area (Å²) in [7, 11) is -3.73. The molecule has 150 valence electrons. The van der Waals surface area contributed by atoms with Crippen LogP contribution < -0.4 is 0 Å². The molecule has 4 aromatic rings. The van der Waals surface area contributed by atoms with E-state index in [1.165, 1.54) is 0 Å². The van der Waals surface area contributed by atoms with E-state index in [1.807, 2.05) is 48.5 Å². The van der Waals surface area contributed by atoms with Gasteiger partial charge in [0.15, 0.2) is 9.84 Å². The Balaban J connectivity index is 1.72. The van der Waals surface area contributed by atoms with E-state index in [-0.39, 0.29) is 16.6 Å². The van der Waals surface area contributed by atoms with Gasteiger partial charge in [-0.15, -0.1) is 0 Å². The van der Waals surface area contributed by atoms with Crippen molar-refractivity contribution in [2.24, 2.45) is 0 Å². The zero-order valence-electron chi connectivity index (χ0n) is 16.0. The van der Waals surface area contributed by atoms with E-state index in [4.69, 9.17) is 0 Å². The molecule has 0 spiro atoms.